The molecule has 0 saturated heterocycles. The normalized spacial score (nSPS) is 11.4. The highest BCUT2D eigenvalue weighted by Gasteiger charge is 2.20. The molecular formula is C32H34N12O4S2. The number of amides is 1. The summed E-state index contributed by atoms with van der Waals surface area (Å²) in [5, 5.41) is 33.3. The van der Waals surface area contributed by atoms with Crippen LogP contribution >= 0.6 is 11.3 Å². The van der Waals surface area contributed by atoms with Crippen molar-refractivity contribution in [1.82, 2.24) is 29.5 Å². The molecule has 18 heteroatoms. The van der Waals surface area contributed by atoms with E-state index in [1.54, 1.807) is 14.2 Å². The maximum atomic E-state index is 12.6. The molecule has 0 aliphatic heterocycles. The number of hydrogen-bond donors (Lipinski definition) is 4. The Kier molecular flexibility index (Phi) is 10.8. The third kappa shape index (κ3) is 7.92. The van der Waals surface area contributed by atoms with Gasteiger partial charge in [0, 0.05) is 33.0 Å². The number of nitrogens with zero attached hydrogens (tertiary/aromatic N) is 8. The number of hydrogen-bond acceptors (Lipinski definition) is 15. The Morgan fingerprint density at radius 3 is 2.54 bits per heavy atom. The number of sulfonamides is 1. The summed E-state index contributed by atoms with van der Waals surface area (Å²) < 4.78 is 34.2. The molecule has 2 aromatic carbocycles. The number of aromatic nitrogens is 5. The first-order valence-electron chi connectivity index (χ1n) is 15.2. The minimum atomic E-state index is -4.12. The molecule has 0 atom stereocenters. The zero-order valence-electron chi connectivity index (χ0n) is 27.9. The lowest BCUT2D eigenvalue weighted by Gasteiger charge is -2.17. The van der Waals surface area contributed by atoms with Gasteiger partial charge in [-0.05, 0) is 62.6 Å². The van der Waals surface area contributed by atoms with Gasteiger partial charge in [-0.2, -0.15) is 15.2 Å². The quantitative estimate of drug-likeness (QED) is 0.0619. The number of aryl methyl sites for hydroxylation is 3. The van der Waals surface area contributed by atoms with Crippen LogP contribution in [-0.4, -0.2) is 66.4 Å². The molecule has 0 radical (unpaired) electrons. The van der Waals surface area contributed by atoms with Crippen LogP contribution in [0.5, 0.6) is 0 Å². The number of thiazole rings is 1. The second-order valence-corrected chi connectivity index (χ2v) is 13.6. The van der Waals surface area contributed by atoms with E-state index in [0.717, 1.165) is 39.8 Å². The van der Waals surface area contributed by atoms with E-state index in [1.807, 2.05) is 25.5 Å². The van der Waals surface area contributed by atoms with Gasteiger partial charge in [-0.3, -0.25) is 4.79 Å². The summed E-state index contributed by atoms with van der Waals surface area (Å²) in [6.45, 7) is 10.4. The topological polar surface area (TPSA) is 214 Å². The van der Waals surface area contributed by atoms with Gasteiger partial charge in [0.1, 0.15) is 11.6 Å². The molecule has 0 aliphatic carbocycles. The number of carbonyl (C=O) groups excluding carboxylic acids is 1. The lowest BCUT2D eigenvalue weighted by molar-refractivity contribution is -0.114. The zero-order valence-corrected chi connectivity index (χ0v) is 29.5. The number of fused-ring (bicyclic) bond motifs is 1. The van der Waals surface area contributed by atoms with Crippen LogP contribution in [-0.2, 0) is 19.6 Å². The lowest BCUT2D eigenvalue weighted by atomic mass is 10.1. The van der Waals surface area contributed by atoms with Gasteiger partial charge in [-0.25, -0.2) is 22.8 Å². The van der Waals surface area contributed by atoms with Gasteiger partial charge in [0.2, 0.25) is 16.9 Å². The molecule has 0 fully saturated rings. The monoisotopic (exact) mass is 714 g/mol. The van der Waals surface area contributed by atoms with Crippen LogP contribution in [0.3, 0.4) is 0 Å². The van der Waals surface area contributed by atoms with Crippen LogP contribution in [0.25, 0.3) is 15.3 Å². The number of nitrogens with one attached hydrogen (secondary N) is 4. The fourth-order valence-corrected chi connectivity index (χ4v) is 6.89. The summed E-state index contributed by atoms with van der Waals surface area (Å²) >= 11 is 1.13. The molecule has 16 nitrogen and oxygen atoms in total. The Morgan fingerprint density at radius 2 is 1.86 bits per heavy atom. The van der Waals surface area contributed by atoms with Gasteiger partial charge >= 0.3 is 0 Å². The molecule has 5 rings (SSSR count). The smallest absolute Gasteiger partial charge is 0.264 e. The molecule has 0 bridgehead atoms. The highest BCUT2D eigenvalue weighted by Crippen LogP contribution is 2.37. The molecule has 3 heterocycles. The zero-order chi connectivity index (χ0) is 36.0. The number of carbonyl (C=O) groups is 1. The molecule has 0 aliphatic rings. The predicted molar refractivity (Wildman–Crippen MR) is 192 cm³/mol. The highest BCUT2D eigenvalue weighted by atomic mass is 32.2. The number of nitriles is 1. The van der Waals surface area contributed by atoms with E-state index in [2.05, 4.69) is 71.0 Å². The number of benzene rings is 2. The standard InChI is InChI=1S/C32H34N12O4S2/c1-7-25(45)43-50(46,47)22-9-10-23-24(15-22)49-32(36-23)44-17-21(16-33)28(42-44)41-40-27-29(35-11-8-12-48-6)38-31(34-5)39-30(27)37-26-19(3)13-18(2)14-20(26)4/h7,9-10,13-15,17H,1,8,11-12H2,2-6H3,(H,43,45)(H3,34,35,37,38,39)/b41-40+. The van der Waals surface area contributed by atoms with Gasteiger partial charge < -0.3 is 20.7 Å². The van der Waals surface area contributed by atoms with Crippen LogP contribution in [0.1, 0.15) is 28.7 Å². The van der Waals surface area contributed by atoms with Crippen molar-refractivity contribution in [2.75, 3.05) is 43.3 Å². The Balaban J connectivity index is 1.54. The van der Waals surface area contributed by atoms with Crippen molar-refractivity contribution in [3.05, 3.63) is 71.4 Å². The molecular weight excluding hydrogens is 681 g/mol. The molecule has 3 aromatic heterocycles. The van der Waals surface area contributed by atoms with Crippen molar-refractivity contribution in [2.45, 2.75) is 32.1 Å². The number of rotatable bonds is 14. The molecule has 0 unspecified atom stereocenters. The summed E-state index contributed by atoms with van der Waals surface area (Å²) in [6.07, 6.45) is 3.03. The average Bonchev–Trinajstić information content (AvgIpc) is 3.71. The van der Waals surface area contributed by atoms with E-state index < -0.39 is 15.9 Å². The molecule has 5 aromatic rings. The van der Waals surface area contributed by atoms with E-state index in [-0.39, 0.29) is 22.0 Å². The summed E-state index contributed by atoms with van der Waals surface area (Å²) in [5.74, 6) is 0.280. The number of methoxy groups -OCH3 is 1. The van der Waals surface area contributed by atoms with Crippen molar-refractivity contribution in [1.29, 1.82) is 5.26 Å². The summed E-state index contributed by atoms with van der Waals surface area (Å²) in [6, 6.07) is 10.5. The van der Waals surface area contributed by atoms with Gasteiger partial charge in [0.15, 0.2) is 17.3 Å². The van der Waals surface area contributed by atoms with E-state index >= 15 is 0 Å². The molecule has 4 N–H and O–H groups in total. The predicted octanol–water partition coefficient (Wildman–Crippen LogP) is 5.71. The first kappa shape index (κ1) is 35.5. The SMILES string of the molecule is C=CC(=O)NS(=O)(=O)c1ccc2nc(-n3cc(C#N)c(/N=N/c4c(NCCCOC)nc(NC)nc4Nc4c(C)cc(C)cc4C)n3)sc2c1. The molecule has 0 spiro atoms. The Morgan fingerprint density at radius 1 is 1.12 bits per heavy atom. The van der Waals surface area contributed by atoms with E-state index in [0.29, 0.717) is 52.5 Å². The molecule has 258 valence electrons. The van der Waals surface area contributed by atoms with Crippen molar-refractivity contribution in [3.63, 3.8) is 0 Å². The fraction of sp³-hybridized carbons (Fsp3) is 0.250. The summed E-state index contributed by atoms with van der Waals surface area (Å²) in [7, 11) is -0.777. The minimum absolute atomic E-state index is 0.0128. The van der Waals surface area contributed by atoms with Gasteiger partial charge in [0.25, 0.3) is 15.9 Å². The maximum Gasteiger partial charge on any atom is 0.264 e. The first-order chi connectivity index (χ1) is 24.0. The number of azo groups is 1. The molecule has 0 saturated carbocycles. The van der Waals surface area contributed by atoms with Crippen LogP contribution in [0.2, 0.25) is 0 Å². The fourth-order valence-electron chi connectivity index (χ4n) is 4.89. The molecule has 50 heavy (non-hydrogen) atoms. The van der Waals surface area contributed by atoms with Crippen LogP contribution in [0, 0.1) is 32.1 Å². The number of anilines is 4. The second kappa shape index (κ2) is 15.2. The van der Waals surface area contributed by atoms with Crippen molar-refractivity contribution < 1.29 is 17.9 Å². The van der Waals surface area contributed by atoms with E-state index in [4.69, 9.17) is 4.74 Å². The minimum Gasteiger partial charge on any atom is -0.385 e. The first-order valence-corrected chi connectivity index (χ1v) is 17.5. The highest BCUT2D eigenvalue weighted by molar-refractivity contribution is 7.90. The van der Waals surface area contributed by atoms with Gasteiger partial charge in [0.05, 0.1) is 21.3 Å². The summed E-state index contributed by atoms with van der Waals surface area (Å²) in [4.78, 5) is 25.3. The van der Waals surface area contributed by atoms with Crippen LogP contribution in [0.4, 0.5) is 34.8 Å². The van der Waals surface area contributed by atoms with Crippen molar-refractivity contribution in [3.8, 4) is 11.2 Å². The molecule has 1 amide bonds. The second-order valence-electron chi connectivity index (χ2n) is 10.9. The van der Waals surface area contributed by atoms with Crippen molar-refractivity contribution in [2.24, 2.45) is 10.2 Å². The third-order valence-electron chi connectivity index (χ3n) is 7.18. The number of ether oxygens (including phenoxy) is 1. The van der Waals surface area contributed by atoms with E-state index in [9.17, 15) is 18.5 Å². The average molecular weight is 715 g/mol. The third-order valence-corrected chi connectivity index (χ3v) is 9.53. The van der Waals surface area contributed by atoms with E-state index in [1.165, 1.54) is 29.1 Å². The maximum absolute atomic E-state index is 12.6. The summed E-state index contributed by atoms with van der Waals surface area (Å²) in [5.41, 5.74) is 4.89. The largest absolute Gasteiger partial charge is 0.385 e. The van der Waals surface area contributed by atoms with Gasteiger partial charge in [-0.15, -0.1) is 15.3 Å². The Bertz CT molecular complexity index is 2250. The Labute approximate surface area is 292 Å². The lowest BCUT2D eigenvalue weighted by Crippen LogP contribution is -2.28. The van der Waals surface area contributed by atoms with Crippen LogP contribution in [0.15, 0.2) is 64.3 Å². The van der Waals surface area contributed by atoms with Crippen LogP contribution < -0.4 is 20.7 Å². The van der Waals surface area contributed by atoms with Crippen molar-refractivity contribution >= 4 is 72.3 Å². The Hall–Kier alpha value is -5.77. The van der Waals surface area contributed by atoms with Gasteiger partial charge in [-0.1, -0.05) is 35.6 Å².